The van der Waals surface area contributed by atoms with Crippen molar-refractivity contribution in [3.63, 3.8) is 0 Å². The minimum Gasteiger partial charge on any atom is -0.258 e. The van der Waals surface area contributed by atoms with E-state index < -0.39 is 14.9 Å². The smallest absolute Gasteiger partial charge is 0.258 e. The number of benzene rings is 1. The van der Waals surface area contributed by atoms with Crippen LogP contribution >= 0.6 is 0 Å². The number of hydrogen-bond acceptors (Lipinski definition) is 4. The molecule has 0 aromatic heterocycles. The lowest BCUT2D eigenvalue weighted by Crippen LogP contribution is -2.48. The molecule has 1 aromatic rings. The summed E-state index contributed by atoms with van der Waals surface area (Å²) >= 11 is 0. The van der Waals surface area contributed by atoms with Gasteiger partial charge in [0.05, 0.1) is 4.92 Å². The third-order valence-corrected chi connectivity index (χ3v) is 6.63. The fourth-order valence-corrected chi connectivity index (χ4v) is 5.44. The number of unbranched alkanes of at least 4 members (excludes halogenated alkanes) is 1. The second-order valence-electron chi connectivity index (χ2n) is 6.45. The highest BCUT2D eigenvalue weighted by atomic mass is 32.2. The zero-order chi connectivity index (χ0) is 19.2. The molecule has 0 N–H and O–H groups in total. The van der Waals surface area contributed by atoms with Gasteiger partial charge < -0.3 is 0 Å². The van der Waals surface area contributed by atoms with E-state index in [1.54, 1.807) is 0 Å². The van der Waals surface area contributed by atoms with Gasteiger partial charge in [0.15, 0.2) is 4.90 Å². The Kier molecular flexibility index (Phi) is 7.11. The average Bonchev–Trinajstić information content (AvgIpc) is 2.62. The van der Waals surface area contributed by atoms with E-state index in [0.29, 0.717) is 12.8 Å². The Morgan fingerprint density at radius 3 is 2.73 bits per heavy atom. The molecule has 2 atom stereocenters. The molecule has 7 heteroatoms. The quantitative estimate of drug-likeness (QED) is 0.275. The van der Waals surface area contributed by atoms with Crippen molar-refractivity contribution in [2.45, 2.75) is 62.4 Å². The average molecular weight is 378 g/mol. The first-order valence-electron chi connectivity index (χ1n) is 8.98. The van der Waals surface area contributed by atoms with Crippen LogP contribution in [0.1, 0.15) is 45.4 Å². The second kappa shape index (κ2) is 9.09. The van der Waals surface area contributed by atoms with Crippen molar-refractivity contribution in [1.82, 2.24) is 4.31 Å². The monoisotopic (exact) mass is 378 g/mol. The van der Waals surface area contributed by atoms with Crippen LogP contribution in [0.15, 0.2) is 54.0 Å². The molecular formula is C19H26N2O4S. The summed E-state index contributed by atoms with van der Waals surface area (Å²) < 4.78 is 28.3. The molecule has 0 radical (unpaired) electrons. The topological polar surface area (TPSA) is 80.5 Å². The van der Waals surface area contributed by atoms with E-state index in [0.717, 1.165) is 25.7 Å². The van der Waals surface area contributed by atoms with Crippen molar-refractivity contribution >= 4 is 15.7 Å². The molecular weight excluding hydrogens is 352 g/mol. The number of nitro groups is 1. The summed E-state index contributed by atoms with van der Waals surface area (Å²) in [6.07, 6.45) is 10.3. The minimum atomic E-state index is -3.98. The molecule has 0 spiro atoms. The number of nitrogens with zero attached hydrogens (tertiary/aromatic N) is 2. The Labute approximate surface area is 155 Å². The Hall–Kier alpha value is -1.99. The Morgan fingerprint density at radius 1 is 1.35 bits per heavy atom. The predicted molar refractivity (Wildman–Crippen MR) is 102 cm³/mol. The first-order chi connectivity index (χ1) is 12.4. The van der Waals surface area contributed by atoms with Gasteiger partial charge in [-0.1, -0.05) is 43.7 Å². The lowest BCUT2D eigenvalue weighted by molar-refractivity contribution is -0.387. The number of para-hydroxylation sites is 1. The standard InChI is InChI=1S/C19H26N2O4S/c1-3-5-6-11-17-13-9-12-16(10-4-2)20(17)26(24,25)19-15-8-7-14-18(19)21(22)23/h3,7-9,13-17H,1,4-6,10-12H2,2H3/t16-,17-/m0/s1. The summed E-state index contributed by atoms with van der Waals surface area (Å²) in [6, 6.07) is 5.12. The van der Waals surface area contributed by atoms with Crippen molar-refractivity contribution < 1.29 is 13.3 Å². The molecule has 142 valence electrons. The molecule has 0 aliphatic carbocycles. The van der Waals surface area contributed by atoms with Crippen molar-refractivity contribution in [1.29, 1.82) is 0 Å². The third kappa shape index (κ3) is 4.40. The summed E-state index contributed by atoms with van der Waals surface area (Å²) in [4.78, 5) is 10.5. The fraction of sp³-hybridized carbons (Fsp3) is 0.474. The zero-order valence-corrected chi connectivity index (χ0v) is 15.9. The summed E-state index contributed by atoms with van der Waals surface area (Å²) in [5.41, 5.74) is -0.373. The van der Waals surface area contributed by atoms with Gasteiger partial charge in [0.1, 0.15) is 0 Å². The highest BCUT2D eigenvalue weighted by Crippen LogP contribution is 2.34. The first-order valence-corrected chi connectivity index (χ1v) is 10.4. The van der Waals surface area contributed by atoms with Crippen LogP contribution in [0.4, 0.5) is 5.69 Å². The maximum absolute atomic E-state index is 13.4. The van der Waals surface area contributed by atoms with Gasteiger partial charge in [-0.05, 0) is 38.2 Å². The molecule has 0 bridgehead atoms. The molecule has 0 amide bonds. The van der Waals surface area contributed by atoms with Crippen LogP contribution in [0.2, 0.25) is 0 Å². The molecule has 1 aromatic carbocycles. The zero-order valence-electron chi connectivity index (χ0n) is 15.1. The van der Waals surface area contributed by atoms with Crippen molar-refractivity contribution in [2.24, 2.45) is 0 Å². The lowest BCUT2D eigenvalue weighted by Gasteiger charge is -2.38. The highest BCUT2D eigenvalue weighted by Gasteiger charge is 2.40. The maximum Gasteiger partial charge on any atom is 0.289 e. The van der Waals surface area contributed by atoms with Gasteiger partial charge in [0.2, 0.25) is 0 Å². The summed E-state index contributed by atoms with van der Waals surface area (Å²) in [6.45, 7) is 5.72. The van der Waals surface area contributed by atoms with Gasteiger partial charge >= 0.3 is 0 Å². The fourth-order valence-electron chi connectivity index (χ4n) is 3.44. The SMILES string of the molecule is C=CCCC[C@H]1C=CC[C@H](CCC)N1S(=O)(=O)c1ccccc1[N+](=O)[O-]. The number of allylic oxidation sites excluding steroid dienone is 1. The predicted octanol–water partition coefficient (Wildman–Crippen LogP) is 4.44. The van der Waals surface area contributed by atoms with Gasteiger partial charge in [-0.15, -0.1) is 6.58 Å². The van der Waals surface area contributed by atoms with E-state index in [9.17, 15) is 18.5 Å². The van der Waals surface area contributed by atoms with Crippen LogP contribution in [0.3, 0.4) is 0 Å². The summed E-state index contributed by atoms with van der Waals surface area (Å²) in [5, 5.41) is 11.3. The number of sulfonamides is 1. The van der Waals surface area contributed by atoms with E-state index in [1.807, 2.05) is 25.2 Å². The van der Waals surface area contributed by atoms with E-state index >= 15 is 0 Å². The highest BCUT2D eigenvalue weighted by molar-refractivity contribution is 7.89. The molecule has 1 aliphatic rings. The van der Waals surface area contributed by atoms with Crippen LogP contribution in [0.5, 0.6) is 0 Å². The number of nitro benzene ring substituents is 1. The van der Waals surface area contributed by atoms with Gasteiger partial charge in [0, 0.05) is 18.2 Å². The molecule has 0 saturated carbocycles. The van der Waals surface area contributed by atoms with Gasteiger partial charge in [-0.2, -0.15) is 4.31 Å². The van der Waals surface area contributed by atoms with Crippen LogP contribution in [0, 0.1) is 10.1 Å². The first kappa shape index (κ1) is 20.3. The van der Waals surface area contributed by atoms with E-state index in [4.69, 9.17) is 0 Å². The number of hydrogen-bond donors (Lipinski definition) is 0. The molecule has 2 rings (SSSR count). The molecule has 6 nitrogen and oxygen atoms in total. The van der Waals surface area contributed by atoms with Crippen LogP contribution in [0.25, 0.3) is 0 Å². The third-order valence-electron chi connectivity index (χ3n) is 4.60. The molecule has 0 unspecified atom stereocenters. The van der Waals surface area contributed by atoms with Crippen molar-refractivity contribution in [2.75, 3.05) is 0 Å². The van der Waals surface area contributed by atoms with Gasteiger partial charge in [-0.3, -0.25) is 10.1 Å². The van der Waals surface area contributed by atoms with Crippen molar-refractivity contribution in [3.05, 3.63) is 59.2 Å². The minimum absolute atomic E-state index is 0.177. The molecule has 0 fully saturated rings. The summed E-state index contributed by atoms with van der Waals surface area (Å²) in [7, 11) is -3.98. The van der Waals surface area contributed by atoms with Crippen molar-refractivity contribution in [3.8, 4) is 0 Å². The normalized spacial score (nSPS) is 20.8. The largest absolute Gasteiger partial charge is 0.289 e. The lowest BCUT2D eigenvalue weighted by atomic mass is 9.99. The van der Waals surface area contributed by atoms with E-state index in [2.05, 4.69) is 6.58 Å². The van der Waals surface area contributed by atoms with E-state index in [-0.39, 0.29) is 22.7 Å². The molecule has 1 aliphatic heterocycles. The number of rotatable bonds is 9. The van der Waals surface area contributed by atoms with Crippen LogP contribution in [-0.4, -0.2) is 29.7 Å². The van der Waals surface area contributed by atoms with Crippen LogP contribution < -0.4 is 0 Å². The molecule has 0 saturated heterocycles. The summed E-state index contributed by atoms with van der Waals surface area (Å²) in [5.74, 6) is 0. The second-order valence-corrected chi connectivity index (χ2v) is 8.26. The van der Waals surface area contributed by atoms with Gasteiger partial charge in [0.25, 0.3) is 15.7 Å². The Morgan fingerprint density at radius 2 is 2.08 bits per heavy atom. The maximum atomic E-state index is 13.4. The van der Waals surface area contributed by atoms with E-state index in [1.165, 1.54) is 28.6 Å². The Bertz CT molecular complexity index is 773. The van der Waals surface area contributed by atoms with Gasteiger partial charge in [-0.25, -0.2) is 8.42 Å². The Balaban J connectivity index is 2.47. The molecule has 1 heterocycles. The van der Waals surface area contributed by atoms with Crippen LogP contribution in [-0.2, 0) is 10.0 Å². The molecule has 26 heavy (non-hydrogen) atoms.